The van der Waals surface area contributed by atoms with E-state index in [-0.39, 0.29) is 51.5 Å². The predicted molar refractivity (Wildman–Crippen MR) is 339 cm³/mol. The number of esters is 4. The summed E-state index contributed by atoms with van der Waals surface area (Å²) >= 11 is 0. The Labute approximate surface area is 513 Å². The van der Waals surface area contributed by atoms with Gasteiger partial charge < -0.3 is 37.9 Å². The highest BCUT2D eigenvalue weighted by atomic mass is 16.5. The molecule has 0 aromatic heterocycles. The van der Waals surface area contributed by atoms with E-state index >= 15 is 0 Å². The van der Waals surface area contributed by atoms with Gasteiger partial charge in [0.15, 0.2) is 0 Å². The van der Waals surface area contributed by atoms with Gasteiger partial charge >= 0.3 is 23.9 Å². The van der Waals surface area contributed by atoms with Gasteiger partial charge in [0.25, 0.3) is 0 Å². The highest BCUT2D eigenvalue weighted by Crippen LogP contribution is 2.42. The number of fused-ring (bicyclic) bond motifs is 8. The molecule has 1 aliphatic carbocycles. The summed E-state index contributed by atoms with van der Waals surface area (Å²) in [6.07, 6.45) is 24.8. The van der Waals surface area contributed by atoms with E-state index < -0.39 is 23.9 Å². The quantitative estimate of drug-likeness (QED) is 0.0120. The molecule has 0 spiro atoms. The van der Waals surface area contributed by atoms with Gasteiger partial charge in [-0.1, -0.05) is 150 Å². The maximum atomic E-state index is 13.1. The summed E-state index contributed by atoms with van der Waals surface area (Å²) in [6, 6.07) is 16.2. The number of carbonyl (C=O) groups is 5. The van der Waals surface area contributed by atoms with Gasteiger partial charge in [-0.05, 0) is 148 Å². The molecule has 0 saturated heterocycles. The SMILES string of the molecule is C=CC(=O)OCc1cc2c(OCCCCCCC)c(c1)Cc1cc(COC(=O)C=C)cc(c1OCCCCCCC)Cc1cc(COC(=O)CC(C)=O)cc(c1OCCCCCCC)Cc1cc(COC(=O)C=C)cc(c1OCCCCCCC)C2. The molecule has 0 fully saturated rings. The second kappa shape index (κ2) is 39.5. The first kappa shape index (κ1) is 69.6. The van der Waals surface area contributed by atoms with Crippen LogP contribution in [0.25, 0.3) is 0 Å². The van der Waals surface area contributed by atoms with E-state index in [0.717, 1.165) is 208 Å². The Kier molecular flexibility index (Phi) is 32.0. The Morgan fingerprint density at radius 1 is 0.349 bits per heavy atom. The monoisotopic (exact) mass is 1180 g/mol. The minimum absolute atomic E-state index is 0.0433. The number of hydrogen-bond donors (Lipinski definition) is 0. The fourth-order valence-electron chi connectivity index (χ4n) is 10.8. The first-order chi connectivity index (χ1) is 41.8. The number of benzene rings is 4. The Morgan fingerprint density at radius 2 is 0.570 bits per heavy atom. The zero-order valence-corrected chi connectivity index (χ0v) is 52.6. The molecule has 8 bridgehead atoms. The van der Waals surface area contributed by atoms with Crippen LogP contribution in [0.4, 0.5) is 0 Å². The molecule has 13 heteroatoms. The molecule has 0 amide bonds. The van der Waals surface area contributed by atoms with Crippen LogP contribution in [-0.2, 0) is 95.0 Å². The van der Waals surface area contributed by atoms with Crippen molar-refractivity contribution in [2.45, 2.75) is 222 Å². The second-order valence-corrected chi connectivity index (χ2v) is 22.7. The van der Waals surface area contributed by atoms with Gasteiger partial charge in [0.05, 0.1) is 26.4 Å². The predicted octanol–water partition coefficient (Wildman–Crippen LogP) is 16.5. The number of unbranched alkanes of at least 4 members (excludes halogenated alkanes) is 16. The third kappa shape index (κ3) is 24.3. The van der Waals surface area contributed by atoms with Gasteiger partial charge in [0.2, 0.25) is 0 Å². The van der Waals surface area contributed by atoms with Crippen LogP contribution in [0.5, 0.6) is 23.0 Å². The molecule has 0 aliphatic heterocycles. The summed E-state index contributed by atoms with van der Waals surface area (Å²) in [5.41, 5.74) is 9.37. The fourth-order valence-corrected chi connectivity index (χ4v) is 10.8. The van der Waals surface area contributed by atoms with Crippen molar-refractivity contribution >= 4 is 29.7 Å². The molecule has 0 heterocycles. The number of ketones is 1. The lowest BCUT2D eigenvalue weighted by molar-refractivity contribution is -0.147. The second-order valence-electron chi connectivity index (χ2n) is 22.7. The van der Waals surface area contributed by atoms with Crippen LogP contribution in [0.1, 0.15) is 236 Å². The van der Waals surface area contributed by atoms with E-state index in [0.29, 0.717) is 67.8 Å². The molecular formula is C73H98O13. The van der Waals surface area contributed by atoms with Crippen molar-refractivity contribution in [2.24, 2.45) is 0 Å². The highest BCUT2D eigenvalue weighted by molar-refractivity contribution is 5.94. The van der Waals surface area contributed by atoms with E-state index in [1.54, 1.807) is 0 Å². The van der Waals surface area contributed by atoms with Gasteiger partial charge in [0.1, 0.15) is 61.6 Å². The lowest BCUT2D eigenvalue weighted by Crippen LogP contribution is -2.13. The van der Waals surface area contributed by atoms with Crippen LogP contribution in [-0.4, -0.2) is 56.1 Å². The van der Waals surface area contributed by atoms with Crippen molar-refractivity contribution in [1.29, 1.82) is 0 Å². The van der Waals surface area contributed by atoms with Crippen molar-refractivity contribution in [3.63, 3.8) is 0 Å². The maximum absolute atomic E-state index is 13.1. The lowest BCUT2D eigenvalue weighted by atomic mass is 9.88. The average Bonchev–Trinajstić information content (AvgIpc) is 1.25. The van der Waals surface area contributed by atoms with Crippen molar-refractivity contribution in [3.8, 4) is 23.0 Å². The van der Waals surface area contributed by atoms with Gasteiger partial charge in [-0.25, -0.2) is 14.4 Å². The molecule has 5 rings (SSSR count). The highest BCUT2D eigenvalue weighted by Gasteiger charge is 2.26. The molecule has 4 aromatic rings. The number of ether oxygens (including phenoxy) is 8. The minimum atomic E-state index is -0.630. The number of rotatable bonds is 41. The zero-order valence-electron chi connectivity index (χ0n) is 52.6. The maximum Gasteiger partial charge on any atom is 0.330 e. The normalized spacial score (nSPS) is 11.7. The summed E-state index contributed by atoms with van der Waals surface area (Å²) < 4.78 is 51.6. The van der Waals surface area contributed by atoms with Gasteiger partial charge in [-0.2, -0.15) is 0 Å². The van der Waals surface area contributed by atoms with E-state index in [1.807, 2.05) is 48.5 Å². The van der Waals surface area contributed by atoms with Crippen LogP contribution in [0, 0.1) is 0 Å². The smallest absolute Gasteiger partial charge is 0.330 e. The van der Waals surface area contributed by atoms with Crippen LogP contribution < -0.4 is 18.9 Å². The molecule has 0 N–H and O–H groups in total. The molecule has 0 radical (unpaired) electrons. The van der Waals surface area contributed by atoms with Crippen molar-refractivity contribution in [3.05, 3.63) is 153 Å². The molecule has 4 aromatic carbocycles. The zero-order chi connectivity index (χ0) is 61.9. The van der Waals surface area contributed by atoms with Gasteiger partial charge in [-0.15, -0.1) is 0 Å². The van der Waals surface area contributed by atoms with Crippen molar-refractivity contribution < 1.29 is 61.9 Å². The summed E-state index contributed by atoms with van der Waals surface area (Å²) in [4.78, 5) is 63.8. The number of hydrogen-bond acceptors (Lipinski definition) is 13. The first-order valence-corrected chi connectivity index (χ1v) is 32.0. The molecule has 0 unspecified atom stereocenters. The molecule has 0 saturated carbocycles. The number of carbonyl (C=O) groups excluding carboxylic acids is 5. The molecule has 468 valence electrons. The Morgan fingerprint density at radius 3 is 0.779 bits per heavy atom. The minimum Gasteiger partial charge on any atom is -0.493 e. The van der Waals surface area contributed by atoms with E-state index in [2.05, 4.69) is 47.4 Å². The average molecular weight is 1180 g/mol. The first-order valence-electron chi connectivity index (χ1n) is 32.0. The fraction of sp³-hybridized carbons (Fsp3) is 0.521. The van der Waals surface area contributed by atoms with Crippen molar-refractivity contribution in [2.75, 3.05) is 26.4 Å². The Bertz CT molecular complexity index is 2700. The summed E-state index contributed by atoms with van der Waals surface area (Å²) in [7, 11) is 0. The van der Waals surface area contributed by atoms with E-state index in [4.69, 9.17) is 37.9 Å². The lowest BCUT2D eigenvalue weighted by Gasteiger charge is -2.25. The Balaban J connectivity index is 1.94. The topological polar surface area (TPSA) is 159 Å². The molecule has 0 atom stereocenters. The third-order valence-corrected chi connectivity index (χ3v) is 15.1. The molecule has 86 heavy (non-hydrogen) atoms. The van der Waals surface area contributed by atoms with Gasteiger partial charge in [0, 0.05) is 43.9 Å². The molecule has 1 aliphatic rings. The van der Waals surface area contributed by atoms with Crippen LogP contribution in [0.15, 0.2) is 86.5 Å². The number of Topliss-reactive ketones (excluding diaryl/α,β-unsaturated/α-hetero) is 1. The van der Waals surface area contributed by atoms with Crippen LogP contribution in [0.2, 0.25) is 0 Å². The van der Waals surface area contributed by atoms with Gasteiger partial charge in [-0.3, -0.25) is 9.59 Å². The molecular weight excluding hydrogens is 1080 g/mol. The van der Waals surface area contributed by atoms with E-state index in [9.17, 15) is 24.0 Å². The van der Waals surface area contributed by atoms with Crippen LogP contribution >= 0.6 is 0 Å². The van der Waals surface area contributed by atoms with Crippen molar-refractivity contribution in [1.82, 2.24) is 0 Å². The van der Waals surface area contributed by atoms with E-state index in [1.165, 1.54) is 6.92 Å². The largest absolute Gasteiger partial charge is 0.493 e. The van der Waals surface area contributed by atoms with Crippen LogP contribution in [0.3, 0.4) is 0 Å². The summed E-state index contributed by atoms with van der Waals surface area (Å²) in [6.45, 7) is 22.7. The third-order valence-electron chi connectivity index (χ3n) is 15.1. The molecule has 13 nitrogen and oxygen atoms in total. The Hall–Kier alpha value is -7.15. The summed E-state index contributed by atoms with van der Waals surface area (Å²) in [5.74, 6) is 0.0763. The summed E-state index contributed by atoms with van der Waals surface area (Å²) in [5, 5.41) is 0. The standard InChI is InChI=1S/C73H98O13/c1-9-16-20-24-28-32-79-70-58-37-54(49-83-66(75)13-5)38-59(70)46-61-40-56(51-85-68(77)15-7)42-63(72(61)81-34-30-26-22-18-11-3)48-65-44-57(52-86-69(78)36-53(8)74)43-64(73(65)82-35-31-27-23-19-12-4)47-62-41-55(50-84-67(76)14-6)39-60(45-58)71(62)80-33-29-25-21-17-10-2/h13-15,37-44H,5-7,9-12,16-36,45-52H2,1-4,8H3.